The standard InChI is InChI=1S/C16H13N3OS/c1-11-7-5-6-10-13(11)19-14(17)15(21)18(16(19)20)12-8-3-2-4-9-12/h2-10,17H,1H3. The highest BCUT2D eigenvalue weighted by atomic mass is 32.1. The summed E-state index contributed by atoms with van der Waals surface area (Å²) >= 11 is 5.28. The summed E-state index contributed by atoms with van der Waals surface area (Å²) in [7, 11) is 0. The molecule has 2 aromatic rings. The van der Waals surface area contributed by atoms with E-state index in [1.165, 1.54) is 9.80 Å². The number of nitrogens with zero attached hydrogens (tertiary/aromatic N) is 2. The Labute approximate surface area is 128 Å². The molecule has 0 saturated carbocycles. The van der Waals surface area contributed by atoms with Crippen LogP contribution in [0.5, 0.6) is 0 Å². The lowest BCUT2D eigenvalue weighted by Crippen LogP contribution is -2.33. The zero-order valence-electron chi connectivity index (χ0n) is 11.4. The van der Waals surface area contributed by atoms with Crippen LogP contribution in [0.15, 0.2) is 54.6 Å². The Hall–Kier alpha value is -2.53. The number of hydrogen-bond acceptors (Lipinski definition) is 3. The molecule has 0 aliphatic carbocycles. The molecule has 0 radical (unpaired) electrons. The lowest BCUT2D eigenvalue weighted by atomic mass is 10.2. The van der Waals surface area contributed by atoms with Gasteiger partial charge < -0.3 is 0 Å². The second kappa shape index (κ2) is 5.10. The van der Waals surface area contributed by atoms with Crippen LogP contribution in [0.3, 0.4) is 0 Å². The van der Waals surface area contributed by atoms with E-state index in [2.05, 4.69) is 0 Å². The Morgan fingerprint density at radius 2 is 1.57 bits per heavy atom. The van der Waals surface area contributed by atoms with Crippen molar-refractivity contribution in [3.8, 4) is 0 Å². The Balaban J connectivity index is 2.07. The van der Waals surface area contributed by atoms with Crippen LogP contribution >= 0.6 is 12.2 Å². The lowest BCUT2D eigenvalue weighted by molar-refractivity contribution is 0.257. The van der Waals surface area contributed by atoms with E-state index < -0.39 is 0 Å². The van der Waals surface area contributed by atoms with Gasteiger partial charge in [0.1, 0.15) is 0 Å². The minimum Gasteiger partial charge on any atom is -0.281 e. The third-order valence-electron chi connectivity index (χ3n) is 3.38. The minimum absolute atomic E-state index is 0.0353. The number of benzene rings is 2. The van der Waals surface area contributed by atoms with Crippen molar-refractivity contribution >= 4 is 40.4 Å². The van der Waals surface area contributed by atoms with Gasteiger partial charge in [0.25, 0.3) is 0 Å². The molecule has 5 heteroatoms. The van der Waals surface area contributed by atoms with E-state index in [1.54, 1.807) is 12.1 Å². The zero-order valence-corrected chi connectivity index (χ0v) is 12.2. The predicted octanol–water partition coefficient (Wildman–Crippen LogP) is 3.75. The van der Waals surface area contributed by atoms with Crippen LogP contribution < -0.4 is 9.80 Å². The SMILES string of the molecule is Cc1ccccc1N1C(=N)C(=S)N(c2ccccc2)C1=O. The first-order valence-electron chi connectivity index (χ1n) is 6.49. The van der Waals surface area contributed by atoms with E-state index >= 15 is 0 Å². The number of carbonyl (C=O) groups is 1. The van der Waals surface area contributed by atoms with Gasteiger partial charge in [0.05, 0.1) is 11.4 Å². The molecule has 0 aromatic heterocycles. The van der Waals surface area contributed by atoms with E-state index in [0.29, 0.717) is 11.4 Å². The summed E-state index contributed by atoms with van der Waals surface area (Å²) in [4.78, 5) is 15.7. The number of amides is 2. The van der Waals surface area contributed by atoms with E-state index in [1.807, 2.05) is 49.4 Å². The fourth-order valence-electron chi connectivity index (χ4n) is 2.33. The van der Waals surface area contributed by atoms with E-state index in [9.17, 15) is 4.79 Å². The molecule has 1 aliphatic rings. The van der Waals surface area contributed by atoms with Gasteiger partial charge in [-0.3, -0.25) is 5.41 Å². The van der Waals surface area contributed by atoms with Gasteiger partial charge in [-0.2, -0.15) is 0 Å². The molecule has 1 aliphatic heterocycles. The molecule has 3 rings (SSSR count). The van der Waals surface area contributed by atoms with E-state index in [4.69, 9.17) is 17.6 Å². The highest BCUT2D eigenvalue weighted by Gasteiger charge is 2.40. The van der Waals surface area contributed by atoms with Gasteiger partial charge in [-0.15, -0.1) is 0 Å². The maximum absolute atomic E-state index is 12.7. The number of hydrogen-bond donors (Lipinski definition) is 1. The fourth-order valence-corrected chi connectivity index (χ4v) is 2.60. The van der Waals surface area contributed by atoms with Crippen molar-refractivity contribution in [1.29, 1.82) is 5.41 Å². The summed E-state index contributed by atoms with van der Waals surface area (Å²) in [6.07, 6.45) is 0. The maximum atomic E-state index is 12.7. The second-order valence-electron chi connectivity index (χ2n) is 4.73. The van der Waals surface area contributed by atoms with Crippen molar-refractivity contribution in [1.82, 2.24) is 0 Å². The molecule has 104 valence electrons. The molecule has 1 N–H and O–H groups in total. The summed E-state index contributed by atoms with van der Waals surface area (Å²) in [6, 6.07) is 16.3. The number of aryl methyl sites for hydroxylation is 1. The van der Waals surface area contributed by atoms with E-state index in [0.717, 1.165) is 5.56 Å². The van der Waals surface area contributed by atoms with Crippen molar-refractivity contribution in [3.63, 3.8) is 0 Å². The molecule has 2 amide bonds. The summed E-state index contributed by atoms with van der Waals surface area (Å²) < 4.78 is 0. The van der Waals surface area contributed by atoms with Gasteiger partial charge in [0.15, 0.2) is 10.8 Å². The number of carbonyl (C=O) groups excluding carboxylic acids is 1. The molecule has 1 heterocycles. The number of para-hydroxylation sites is 2. The Kier molecular flexibility index (Phi) is 3.27. The van der Waals surface area contributed by atoms with Crippen molar-refractivity contribution in [2.45, 2.75) is 6.92 Å². The number of amidine groups is 1. The van der Waals surface area contributed by atoms with Crippen LogP contribution in [0.25, 0.3) is 0 Å². The van der Waals surface area contributed by atoms with E-state index in [-0.39, 0.29) is 16.9 Å². The van der Waals surface area contributed by atoms with Crippen LogP contribution in [0.4, 0.5) is 16.2 Å². The highest BCUT2D eigenvalue weighted by molar-refractivity contribution is 7.82. The van der Waals surface area contributed by atoms with Gasteiger partial charge in [-0.1, -0.05) is 48.6 Å². The predicted molar refractivity (Wildman–Crippen MR) is 88.3 cm³/mol. The first-order chi connectivity index (χ1) is 10.1. The number of nitrogens with one attached hydrogen (secondary N) is 1. The monoisotopic (exact) mass is 295 g/mol. The van der Waals surface area contributed by atoms with Crippen molar-refractivity contribution in [3.05, 3.63) is 60.2 Å². The summed E-state index contributed by atoms with van der Waals surface area (Å²) in [5, 5.41) is 8.18. The Morgan fingerprint density at radius 1 is 0.952 bits per heavy atom. The smallest absolute Gasteiger partial charge is 0.281 e. The zero-order chi connectivity index (χ0) is 15.0. The first-order valence-corrected chi connectivity index (χ1v) is 6.90. The van der Waals surface area contributed by atoms with Crippen molar-refractivity contribution in [2.75, 3.05) is 9.80 Å². The Morgan fingerprint density at radius 3 is 2.24 bits per heavy atom. The maximum Gasteiger partial charge on any atom is 0.340 e. The molecule has 0 spiro atoms. The second-order valence-corrected chi connectivity index (χ2v) is 5.12. The topological polar surface area (TPSA) is 47.4 Å². The molecule has 0 bridgehead atoms. The van der Waals surface area contributed by atoms with Crippen LogP contribution in [0.2, 0.25) is 0 Å². The van der Waals surface area contributed by atoms with Crippen LogP contribution in [-0.4, -0.2) is 16.9 Å². The molecule has 1 saturated heterocycles. The third-order valence-corrected chi connectivity index (χ3v) is 3.76. The first kappa shape index (κ1) is 13.5. The summed E-state index contributed by atoms with van der Waals surface area (Å²) in [5.74, 6) is 0.0353. The molecular weight excluding hydrogens is 282 g/mol. The van der Waals surface area contributed by atoms with Gasteiger partial charge in [0.2, 0.25) is 0 Å². The average Bonchev–Trinajstić information content (AvgIpc) is 2.71. The molecule has 2 aromatic carbocycles. The number of urea groups is 1. The lowest BCUT2D eigenvalue weighted by Gasteiger charge is -2.18. The highest BCUT2D eigenvalue weighted by Crippen LogP contribution is 2.29. The van der Waals surface area contributed by atoms with Crippen LogP contribution in [0, 0.1) is 12.3 Å². The molecule has 0 atom stereocenters. The summed E-state index contributed by atoms with van der Waals surface area (Å²) in [6.45, 7) is 1.91. The van der Waals surface area contributed by atoms with Gasteiger partial charge in [-0.05, 0) is 30.7 Å². The van der Waals surface area contributed by atoms with Crippen LogP contribution in [-0.2, 0) is 0 Å². The van der Waals surface area contributed by atoms with Crippen molar-refractivity contribution < 1.29 is 4.79 Å². The molecule has 0 unspecified atom stereocenters. The number of anilines is 2. The largest absolute Gasteiger partial charge is 0.340 e. The molecule has 4 nitrogen and oxygen atoms in total. The average molecular weight is 295 g/mol. The molecular formula is C16H13N3OS. The normalized spacial score (nSPS) is 15.0. The Bertz CT molecular complexity index is 742. The van der Waals surface area contributed by atoms with Gasteiger partial charge >= 0.3 is 6.03 Å². The molecule has 21 heavy (non-hydrogen) atoms. The van der Waals surface area contributed by atoms with Crippen molar-refractivity contribution in [2.24, 2.45) is 0 Å². The fraction of sp³-hybridized carbons (Fsp3) is 0.0625. The quantitative estimate of drug-likeness (QED) is 0.858. The number of rotatable bonds is 2. The summed E-state index contributed by atoms with van der Waals surface area (Å²) in [5.41, 5.74) is 2.29. The molecule has 1 fully saturated rings. The van der Waals surface area contributed by atoms with Gasteiger partial charge in [-0.25, -0.2) is 14.6 Å². The third kappa shape index (κ3) is 2.11. The van der Waals surface area contributed by atoms with Gasteiger partial charge in [0, 0.05) is 0 Å². The minimum atomic E-state index is -0.314. The number of thiocarbonyl (C=S) groups is 1. The van der Waals surface area contributed by atoms with Crippen LogP contribution in [0.1, 0.15) is 5.56 Å².